The number of fused-ring (bicyclic) bond motifs is 1. The van der Waals surface area contributed by atoms with Gasteiger partial charge in [-0.25, -0.2) is 0 Å². The SMILES string of the molecule is CC1c2c[nH]cc21. The normalized spacial score (nSPS) is 16.7. The maximum Gasteiger partial charge on any atom is 0.00967 e. The van der Waals surface area contributed by atoms with E-state index >= 15 is 0 Å². The van der Waals surface area contributed by atoms with Gasteiger partial charge in [-0.15, -0.1) is 0 Å². The lowest BCUT2D eigenvalue weighted by Gasteiger charge is -1.75. The Hall–Kier alpha value is -0.720. The number of aromatic amines is 1. The quantitative estimate of drug-likeness (QED) is 0.500. The van der Waals surface area contributed by atoms with E-state index in [0.29, 0.717) is 0 Å². The predicted octanol–water partition coefficient (Wildman–Crippen LogP) is 1.48. The van der Waals surface area contributed by atoms with Gasteiger partial charge in [0.05, 0.1) is 0 Å². The number of H-pyrrole nitrogens is 1. The fraction of sp³-hybridized carbons (Fsp3) is 0.333. The Kier molecular flexibility index (Phi) is 0.359. The van der Waals surface area contributed by atoms with E-state index < -0.39 is 0 Å². The van der Waals surface area contributed by atoms with Gasteiger partial charge in [0.15, 0.2) is 0 Å². The molecule has 1 aliphatic carbocycles. The van der Waals surface area contributed by atoms with Crippen LogP contribution in [-0.2, 0) is 0 Å². The molecule has 0 saturated heterocycles. The highest BCUT2D eigenvalue weighted by Gasteiger charge is 2.27. The highest BCUT2D eigenvalue weighted by Crippen LogP contribution is 2.41. The van der Waals surface area contributed by atoms with Crippen LogP contribution in [0.1, 0.15) is 24.0 Å². The van der Waals surface area contributed by atoms with Crippen LogP contribution in [0.3, 0.4) is 0 Å². The zero-order valence-corrected chi connectivity index (χ0v) is 4.23. The minimum atomic E-state index is 0.779. The van der Waals surface area contributed by atoms with E-state index in [1.807, 2.05) is 0 Å². The van der Waals surface area contributed by atoms with E-state index in [-0.39, 0.29) is 0 Å². The molecule has 0 amide bonds. The van der Waals surface area contributed by atoms with Gasteiger partial charge in [0.25, 0.3) is 0 Å². The molecule has 0 unspecified atom stereocenters. The van der Waals surface area contributed by atoms with Gasteiger partial charge in [0.2, 0.25) is 0 Å². The van der Waals surface area contributed by atoms with Crippen molar-refractivity contribution in [3.63, 3.8) is 0 Å². The molecule has 0 aromatic carbocycles. The maximum atomic E-state index is 3.03. The summed E-state index contributed by atoms with van der Waals surface area (Å²) in [6.07, 6.45) is 4.14. The first kappa shape index (κ1) is 3.30. The lowest BCUT2D eigenvalue weighted by atomic mass is 10.4. The highest BCUT2D eigenvalue weighted by molar-refractivity contribution is 5.49. The van der Waals surface area contributed by atoms with Crippen molar-refractivity contribution in [2.45, 2.75) is 12.8 Å². The molecular formula is C6H7N. The van der Waals surface area contributed by atoms with Gasteiger partial charge in [-0.3, -0.25) is 0 Å². The molecule has 1 heteroatoms. The largest absolute Gasteiger partial charge is 0.367 e. The molecule has 2 rings (SSSR count). The second-order valence-electron chi connectivity index (χ2n) is 2.09. The van der Waals surface area contributed by atoms with E-state index in [0.717, 1.165) is 5.92 Å². The molecule has 0 bridgehead atoms. The van der Waals surface area contributed by atoms with Gasteiger partial charge in [-0.2, -0.15) is 0 Å². The molecule has 0 atom stereocenters. The summed E-state index contributed by atoms with van der Waals surface area (Å²) < 4.78 is 0. The van der Waals surface area contributed by atoms with Crippen molar-refractivity contribution in [2.24, 2.45) is 0 Å². The van der Waals surface area contributed by atoms with Gasteiger partial charge in [-0.1, -0.05) is 6.92 Å². The van der Waals surface area contributed by atoms with Crippen molar-refractivity contribution in [1.82, 2.24) is 4.98 Å². The van der Waals surface area contributed by atoms with Crippen LogP contribution in [0.4, 0.5) is 0 Å². The molecule has 1 nitrogen and oxygen atoms in total. The van der Waals surface area contributed by atoms with Crippen molar-refractivity contribution < 1.29 is 0 Å². The second-order valence-corrected chi connectivity index (χ2v) is 2.09. The predicted molar refractivity (Wildman–Crippen MR) is 28.3 cm³/mol. The third-order valence-electron chi connectivity index (χ3n) is 1.66. The molecule has 1 aromatic rings. The van der Waals surface area contributed by atoms with Crippen molar-refractivity contribution in [3.8, 4) is 0 Å². The monoisotopic (exact) mass is 93.1 g/mol. The summed E-state index contributed by atoms with van der Waals surface area (Å²) in [5, 5.41) is 0. The average molecular weight is 93.1 g/mol. The standard InChI is InChI=1S/C6H7N/c1-4-5-2-7-3-6(4)5/h2-4,7H,1H3. The molecule has 0 aliphatic heterocycles. The lowest BCUT2D eigenvalue weighted by Crippen LogP contribution is -1.62. The summed E-state index contributed by atoms with van der Waals surface area (Å²) in [6.45, 7) is 2.22. The number of nitrogens with one attached hydrogen (secondary N) is 1. The summed E-state index contributed by atoms with van der Waals surface area (Å²) in [4.78, 5) is 3.03. The molecule has 0 radical (unpaired) electrons. The zero-order chi connectivity index (χ0) is 4.85. The lowest BCUT2D eigenvalue weighted by molar-refractivity contribution is 1.10. The Bertz CT molecular complexity index is 169. The van der Waals surface area contributed by atoms with E-state index in [1.54, 1.807) is 0 Å². The Morgan fingerprint density at radius 3 is 2.29 bits per heavy atom. The van der Waals surface area contributed by atoms with Gasteiger partial charge >= 0.3 is 0 Å². The molecule has 36 valence electrons. The van der Waals surface area contributed by atoms with Gasteiger partial charge in [0, 0.05) is 18.3 Å². The molecule has 1 heterocycles. The molecule has 1 aromatic heterocycles. The van der Waals surface area contributed by atoms with Gasteiger partial charge in [0.1, 0.15) is 0 Å². The van der Waals surface area contributed by atoms with Crippen LogP contribution < -0.4 is 0 Å². The van der Waals surface area contributed by atoms with Gasteiger partial charge in [-0.05, 0) is 11.1 Å². The summed E-state index contributed by atoms with van der Waals surface area (Å²) in [7, 11) is 0. The molecule has 0 spiro atoms. The third kappa shape index (κ3) is 0.243. The van der Waals surface area contributed by atoms with E-state index in [1.165, 1.54) is 11.1 Å². The fourth-order valence-electron chi connectivity index (χ4n) is 1.02. The minimum absolute atomic E-state index is 0.779. The first-order chi connectivity index (χ1) is 3.39. The van der Waals surface area contributed by atoms with Crippen molar-refractivity contribution in [2.75, 3.05) is 0 Å². The van der Waals surface area contributed by atoms with E-state index in [9.17, 15) is 0 Å². The van der Waals surface area contributed by atoms with Crippen LogP contribution in [-0.4, -0.2) is 4.98 Å². The molecule has 1 N–H and O–H groups in total. The van der Waals surface area contributed by atoms with Crippen LogP contribution in [0.15, 0.2) is 12.4 Å². The van der Waals surface area contributed by atoms with Crippen LogP contribution in [0, 0.1) is 0 Å². The molecule has 7 heavy (non-hydrogen) atoms. The third-order valence-corrected chi connectivity index (χ3v) is 1.66. The summed E-state index contributed by atoms with van der Waals surface area (Å²) >= 11 is 0. The van der Waals surface area contributed by atoms with Crippen LogP contribution in [0.2, 0.25) is 0 Å². The Balaban J connectivity index is 2.60. The maximum absolute atomic E-state index is 3.03. The Morgan fingerprint density at radius 1 is 1.43 bits per heavy atom. The Labute approximate surface area is 42.4 Å². The van der Waals surface area contributed by atoms with Crippen molar-refractivity contribution in [1.29, 1.82) is 0 Å². The number of rotatable bonds is 0. The minimum Gasteiger partial charge on any atom is -0.367 e. The van der Waals surface area contributed by atoms with E-state index in [4.69, 9.17) is 0 Å². The highest BCUT2D eigenvalue weighted by atomic mass is 14.7. The zero-order valence-electron chi connectivity index (χ0n) is 4.23. The van der Waals surface area contributed by atoms with Crippen LogP contribution in [0.25, 0.3) is 0 Å². The molecular weight excluding hydrogens is 86.1 g/mol. The summed E-state index contributed by atoms with van der Waals surface area (Å²) in [5.41, 5.74) is 3.00. The Morgan fingerprint density at radius 2 is 2.00 bits per heavy atom. The number of aromatic nitrogens is 1. The molecule has 1 aliphatic rings. The first-order valence-electron chi connectivity index (χ1n) is 2.56. The van der Waals surface area contributed by atoms with Crippen molar-refractivity contribution in [3.05, 3.63) is 23.5 Å². The molecule has 0 saturated carbocycles. The van der Waals surface area contributed by atoms with Crippen molar-refractivity contribution >= 4 is 0 Å². The topological polar surface area (TPSA) is 15.8 Å². The second kappa shape index (κ2) is 0.760. The van der Waals surface area contributed by atoms with Gasteiger partial charge < -0.3 is 4.98 Å². The number of hydrogen-bond acceptors (Lipinski definition) is 0. The average Bonchev–Trinajstić information content (AvgIpc) is 2.26. The summed E-state index contributed by atoms with van der Waals surface area (Å²) in [5.74, 6) is 0.779. The first-order valence-corrected chi connectivity index (χ1v) is 2.56. The van der Waals surface area contributed by atoms with E-state index in [2.05, 4.69) is 24.3 Å². The van der Waals surface area contributed by atoms with Crippen LogP contribution in [0.5, 0.6) is 0 Å². The molecule has 0 fully saturated rings. The number of hydrogen-bond donors (Lipinski definition) is 1. The smallest absolute Gasteiger partial charge is 0.00967 e. The van der Waals surface area contributed by atoms with Crippen LogP contribution >= 0.6 is 0 Å². The summed E-state index contributed by atoms with van der Waals surface area (Å²) in [6, 6.07) is 0. The fourth-order valence-corrected chi connectivity index (χ4v) is 1.02.